The molecule has 2 rings (SSSR count). The van der Waals surface area contributed by atoms with Gasteiger partial charge in [0.2, 0.25) is 0 Å². The molecule has 21 heavy (non-hydrogen) atoms. The number of benzene rings is 1. The van der Waals surface area contributed by atoms with Crippen molar-refractivity contribution in [3.05, 3.63) is 41.5 Å². The van der Waals surface area contributed by atoms with Crippen molar-refractivity contribution in [2.24, 2.45) is 0 Å². The van der Waals surface area contributed by atoms with Crippen LogP contribution in [0.25, 0.3) is 0 Å². The average molecular weight is 289 g/mol. The van der Waals surface area contributed by atoms with Gasteiger partial charge >= 0.3 is 0 Å². The normalized spacial score (nSPS) is 12.6. The molecule has 0 bridgehead atoms. The fraction of sp³-hybridized carbons (Fsp3) is 0.500. The number of nitrogens with one attached hydrogen (secondary N) is 1. The first-order chi connectivity index (χ1) is 10.1. The molecule has 5 heteroatoms. The van der Waals surface area contributed by atoms with Crippen LogP contribution in [-0.2, 0) is 6.61 Å². The van der Waals surface area contributed by atoms with E-state index in [0.717, 1.165) is 12.2 Å². The van der Waals surface area contributed by atoms with Crippen LogP contribution in [0.15, 0.2) is 28.8 Å². The third kappa shape index (κ3) is 4.04. The Balaban J connectivity index is 1.94. The van der Waals surface area contributed by atoms with E-state index < -0.39 is 0 Å². The Bertz CT molecular complexity index is 545. The Morgan fingerprint density at radius 1 is 1.24 bits per heavy atom. The third-order valence-electron chi connectivity index (χ3n) is 3.40. The van der Waals surface area contributed by atoms with Crippen molar-refractivity contribution in [2.75, 3.05) is 7.05 Å². The van der Waals surface area contributed by atoms with Gasteiger partial charge in [-0.1, -0.05) is 38.1 Å². The van der Waals surface area contributed by atoms with Gasteiger partial charge in [0, 0.05) is 12.0 Å². The third-order valence-corrected chi connectivity index (χ3v) is 3.40. The van der Waals surface area contributed by atoms with Gasteiger partial charge < -0.3 is 14.6 Å². The molecule has 0 saturated heterocycles. The zero-order valence-electron chi connectivity index (χ0n) is 13.1. The summed E-state index contributed by atoms with van der Waals surface area (Å²) in [4.78, 5) is 4.28. The standard InChI is InChI=1S/C16H23N3O2/c1-5-14(17-4)12-6-8-13(9-7-12)20-10-15-18-16(11(2)3)19-21-15/h6-9,11,14,17H,5,10H2,1-4H3. The number of hydrogen-bond donors (Lipinski definition) is 1. The van der Waals surface area contributed by atoms with Crippen molar-refractivity contribution in [2.45, 2.75) is 45.8 Å². The highest BCUT2D eigenvalue weighted by atomic mass is 16.5. The van der Waals surface area contributed by atoms with Crippen molar-refractivity contribution in [3.63, 3.8) is 0 Å². The lowest BCUT2D eigenvalue weighted by molar-refractivity contribution is 0.242. The Morgan fingerprint density at radius 3 is 2.48 bits per heavy atom. The maximum Gasteiger partial charge on any atom is 0.264 e. The molecule has 0 aliphatic rings. The van der Waals surface area contributed by atoms with Crippen molar-refractivity contribution in [1.29, 1.82) is 0 Å². The molecule has 1 aromatic carbocycles. The summed E-state index contributed by atoms with van der Waals surface area (Å²) >= 11 is 0. The van der Waals surface area contributed by atoms with Gasteiger partial charge in [0.05, 0.1) is 0 Å². The predicted octanol–water partition coefficient (Wildman–Crippen LogP) is 3.44. The molecule has 2 aromatic rings. The summed E-state index contributed by atoms with van der Waals surface area (Å²) in [5.41, 5.74) is 1.26. The molecule has 0 spiro atoms. The van der Waals surface area contributed by atoms with E-state index >= 15 is 0 Å². The number of aromatic nitrogens is 2. The van der Waals surface area contributed by atoms with E-state index in [1.165, 1.54) is 5.56 Å². The molecule has 0 amide bonds. The van der Waals surface area contributed by atoms with Crippen molar-refractivity contribution in [1.82, 2.24) is 15.5 Å². The van der Waals surface area contributed by atoms with Crippen molar-refractivity contribution >= 4 is 0 Å². The fourth-order valence-corrected chi connectivity index (χ4v) is 2.11. The van der Waals surface area contributed by atoms with E-state index in [4.69, 9.17) is 9.26 Å². The minimum Gasteiger partial charge on any atom is -0.484 e. The summed E-state index contributed by atoms with van der Waals surface area (Å²) in [6.07, 6.45) is 1.05. The van der Waals surface area contributed by atoms with E-state index in [1.807, 2.05) is 33.0 Å². The molecule has 0 saturated carbocycles. The zero-order chi connectivity index (χ0) is 15.2. The Labute approximate surface area is 125 Å². The van der Waals surface area contributed by atoms with E-state index in [-0.39, 0.29) is 5.92 Å². The second kappa shape index (κ2) is 7.22. The number of ether oxygens (including phenoxy) is 1. The van der Waals surface area contributed by atoms with Gasteiger partial charge in [-0.25, -0.2) is 0 Å². The van der Waals surface area contributed by atoms with E-state index in [9.17, 15) is 0 Å². The van der Waals surface area contributed by atoms with Crippen LogP contribution in [0.2, 0.25) is 0 Å². The average Bonchev–Trinajstić information content (AvgIpc) is 2.97. The summed E-state index contributed by atoms with van der Waals surface area (Å²) in [6.45, 7) is 6.51. The zero-order valence-corrected chi connectivity index (χ0v) is 13.1. The quantitative estimate of drug-likeness (QED) is 0.846. The molecule has 1 heterocycles. The molecule has 114 valence electrons. The maximum atomic E-state index is 5.67. The first kappa shape index (κ1) is 15.5. The first-order valence-electron chi connectivity index (χ1n) is 7.36. The monoisotopic (exact) mass is 289 g/mol. The van der Waals surface area contributed by atoms with Crippen LogP contribution in [0, 0.1) is 0 Å². The minimum absolute atomic E-state index is 0.259. The molecule has 1 unspecified atom stereocenters. The summed E-state index contributed by atoms with van der Waals surface area (Å²) in [5, 5.41) is 7.20. The summed E-state index contributed by atoms with van der Waals surface area (Å²) < 4.78 is 10.8. The molecule has 1 N–H and O–H groups in total. The predicted molar refractivity (Wildman–Crippen MR) is 81.3 cm³/mol. The van der Waals surface area contributed by atoms with Gasteiger partial charge in [-0.3, -0.25) is 0 Å². The lowest BCUT2D eigenvalue weighted by Gasteiger charge is -2.14. The molecule has 0 fully saturated rings. The first-order valence-corrected chi connectivity index (χ1v) is 7.36. The highest BCUT2D eigenvalue weighted by Crippen LogP contribution is 2.20. The smallest absolute Gasteiger partial charge is 0.264 e. The number of rotatable bonds is 7. The van der Waals surface area contributed by atoms with Gasteiger partial charge in [-0.2, -0.15) is 4.98 Å². The van der Waals surface area contributed by atoms with E-state index in [1.54, 1.807) is 0 Å². The van der Waals surface area contributed by atoms with Crippen molar-refractivity contribution in [3.8, 4) is 5.75 Å². The van der Waals surface area contributed by atoms with E-state index in [0.29, 0.717) is 24.4 Å². The van der Waals surface area contributed by atoms with Gasteiger partial charge in [0.15, 0.2) is 12.4 Å². The molecule has 0 aliphatic carbocycles. The van der Waals surface area contributed by atoms with Crippen LogP contribution in [0.5, 0.6) is 5.75 Å². The second-order valence-electron chi connectivity index (χ2n) is 5.31. The van der Waals surface area contributed by atoms with Gasteiger partial charge in [-0.05, 0) is 31.2 Å². The molecule has 0 radical (unpaired) electrons. The fourth-order valence-electron chi connectivity index (χ4n) is 2.11. The highest BCUT2D eigenvalue weighted by Gasteiger charge is 2.10. The molecule has 1 atom stereocenters. The Hall–Kier alpha value is -1.88. The Morgan fingerprint density at radius 2 is 1.95 bits per heavy atom. The van der Waals surface area contributed by atoms with Crippen LogP contribution in [0.3, 0.4) is 0 Å². The SMILES string of the molecule is CCC(NC)c1ccc(OCc2nc(C(C)C)no2)cc1. The molecular weight excluding hydrogens is 266 g/mol. The van der Waals surface area contributed by atoms with Crippen LogP contribution < -0.4 is 10.1 Å². The summed E-state index contributed by atoms with van der Waals surface area (Å²) in [5.74, 6) is 2.27. The molecule has 5 nitrogen and oxygen atoms in total. The van der Waals surface area contributed by atoms with E-state index in [2.05, 4.69) is 34.5 Å². The van der Waals surface area contributed by atoms with Crippen LogP contribution in [0.1, 0.15) is 56.4 Å². The molecular formula is C16H23N3O2. The van der Waals surface area contributed by atoms with Crippen LogP contribution in [-0.4, -0.2) is 17.2 Å². The highest BCUT2D eigenvalue weighted by molar-refractivity contribution is 5.29. The molecule has 0 aliphatic heterocycles. The molecule has 1 aromatic heterocycles. The van der Waals surface area contributed by atoms with Gasteiger partial charge in [0.25, 0.3) is 5.89 Å². The summed E-state index contributed by atoms with van der Waals surface area (Å²) in [7, 11) is 1.97. The lowest BCUT2D eigenvalue weighted by atomic mass is 10.1. The van der Waals surface area contributed by atoms with Gasteiger partial charge in [-0.15, -0.1) is 0 Å². The summed E-state index contributed by atoms with van der Waals surface area (Å²) in [6, 6.07) is 8.47. The van der Waals surface area contributed by atoms with Crippen LogP contribution >= 0.6 is 0 Å². The topological polar surface area (TPSA) is 60.2 Å². The maximum absolute atomic E-state index is 5.67. The Kier molecular flexibility index (Phi) is 5.33. The largest absolute Gasteiger partial charge is 0.484 e. The van der Waals surface area contributed by atoms with Crippen molar-refractivity contribution < 1.29 is 9.26 Å². The number of hydrogen-bond acceptors (Lipinski definition) is 5. The van der Waals surface area contributed by atoms with Crippen LogP contribution in [0.4, 0.5) is 0 Å². The minimum atomic E-state index is 0.259. The number of nitrogens with zero attached hydrogens (tertiary/aromatic N) is 2. The van der Waals surface area contributed by atoms with Gasteiger partial charge in [0.1, 0.15) is 5.75 Å². The lowest BCUT2D eigenvalue weighted by Crippen LogP contribution is -2.14. The second-order valence-corrected chi connectivity index (χ2v) is 5.31.